The van der Waals surface area contributed by atoms with Crippen molar-refractivity contribution in [3.05, 3.63) is 69.1 Å². The molecule has 1 heterocycles. The van der Waals surface area contributed by atoms with Crippen molar-refractivity contribution in [2.75, 3.05) is 0 Å². The molecule has 0 unspecified atom stereocenters. The fourth-order valence-electron chi connectivity index (χ4n) is 2.10. The first-order chi connectivity index (χ1) is 10.1. The van der Waals surface area contributed by atoms with E-state index in [9.17, 15) is 9.59 Å². The lowest BCUT2D eigenvalue weighted by molar-refractivity contribution is 0.0950. The smallest absolute Gasteiger partial charge is 0.252 e. The lowest BCUT2D eigenvalue weighted by atomic mass is 10.2. The minimum Gasteiger partial charge on any atom is -0.349 e. The van der Waals surface area contributed by atoms with Crippen molar-refractivity contribution >= 4 is 17.5 Å². The van der Waals surface area contributed by atoms with Gasteiger partial charge in [-0.1, -0.05) is 29.8 Å². The van der Waals surface area contributed by atoms with E-state index in [1.54, 1.807) is 18.3 Å². The summed E-state index contributed by atoms with van der Waals surface area (Å²) in [4.78, 5) is 24.0. The van der Waals surface area contributed by atoms with Crippen molar-refractivity contribution in [2.24, 2.45) is 0 Å². The number of aromatic nitrogens is 1. The predicted octanol–water partition coefficient (Wildman–Crippen LogP) is 2.44. The van der Waals surface area contributed by atoms with E-state index in [1.165, 1.54) is 10.6 Å². The maximum atomic E-state index is 12.0. The van der Waals surface area contributed by atoms with Crippen LogP contribution in [0.1, 0.15) is 28.8 Å². The minimum absolute atomic E-state index is 0.134. The summed E-state index contributed by atoms with van der Waals surface area (Å²) in [7, 11) is 0. The molecular weight excluding hydrogens is 288 g/mol. The molecule has 0 bridgehead atoms. The number of benzene rings is 1. The summed E-state index contributed by atoms with van der Waals surface area (Å²) in [6, 6.07) is 10.6. The van der Waals surface area contributed by atoms with Crippen LogP contribution < -0.4 is 10.9 Å². The van der Waals surface area contributed by atoms with Gasteiger partial charge in [0.1, 0.15) is 0 Å². The monoisotopic (exact) mass is 302 g/mol. The summed E-state index contributed by atoms with van der Waals surface area (Å²) in [5.41, 5.74) is 1.19. The lowest BCUT2D eigenvalue weighted by Crippen LogP contribution is -2.28. The molecule has 0 radical (unpaired) electrons. The number of amides is 1. The molecule has 0 aliphatic heterocycles. The van der Waals surface area contributed by atoms with E-state index in [2.05, 4.69) is 5.32 Å². The van der Waals surface area contributed by atoms with Gasteiger partial charge >= 0.3 is 0 Å². The number of rotatable bonds is 4. The molecule has 1 aliphatic carbocycles. The van der Waals surface area contributed by atoms with Crippen LogP contribution in [0, 0.1) is 0 Å². The summed E-state index contributed by atoms with van der Waals surface area (Å²) in [6.07, 6.45) is 3.65. The Morgan fingerprint density at radius 1 is 1.24 bits per heavy atom. The molecule has 1 fully saturated rings. The summed E-state index contributed by atoms with van der Waals surface area (Å²) in [5, 5.41) is 3.52. The van der Waals surface area contributed by atoms with Gasteiger partial charge in [0.2, 0.25) is 0 Å². The second kappa shape index (κ2) is 5.74. The van der Waals surface area contributed by atoms with Crippen LogP contribution in [-0.4, -0.2) is 16.5 Å². The van der Waals surface area contributed by atoms with Crippen molar-refractivity contribution in [3.8, 4) is 0 Å². The summed E-state index contributed by atoms with van der Waals surface area (Å²) < 4.78 is 1.50. The van der Waals surface area contributed by atoms with Gasteiger partial charge in [-0.2, -0.15) is 0 Å². The summed E-state index contributed by atoms with van der Waals surface area (Å²) in [6.45, 7) is 0.350. The molecule has 1 N–H and O–H groups in total. The van der Waals surface area contributed by atoms with Crippen LogP contribution in [0.15, 0.2) is 47.4 Å². The van der Waals surface area contributed by atoms with Crippen LogP contribution in [-0.2, 0) is 6.54 Å². The second-order valence-corrected chi connectivity index (χ2v) is 5.63. The van der Waals surface area contributed by atoms with E-state index in [-0.39, 0.29) is 11.5 Å². The maximum absolute atomic E-state index is 12.0. The highest BCUT2D eigenvalue weighted by Crippen LogP contribution is 2.19. The van der Waals surface area contributed by atoms with Gasteiger partial charge in [0, 0.05) is 23.3 Å². The lowest BCUT2D eigenvalue weighted by Gasteiger charge is -2.10. The van der Waals surface area contributed by atoms with Gasteiger partial charge in [-0.15, -0.1) is 0 Å². The van der Waals surface area contributed by atoms with Crippen LogP contribution in [0.3, 0.4) is 0 Å². The van der Waals surface area contributed by atoms with Crippen LogP contribution in [0.4, 0.5) is 0 Å². The molecule has 21 heavy (non-hydrogen) atoms. The van der Waals surface area contributed by atoms with E-state index < -0.39 is 0 Å². The molecule has 3 rings (SSSR count). The molecular formula is C16H15ClN2O2. The van der Waals surface area contributed by atoms with Gasteiger partial charge in [-0.3, -0.25) is 9.59 Å². The van der Waals surface area contributed by atoms with Crippen LogP contribution in [0.5, 0.6) is 0 Å². The van der Waals surface area contributed by atoms with Crippen molar-refractivity contribution < 1.29 is 4.79 Å². The molecule has 1 saturated carbocycles. The second-order valence-electron chi connectivity index (χ2n) is 5.22. The standard InChI is InChI=1S/C16H15ClN2O2/c17-14-4-2-1-3-11(14)9-19-10-12(5-8-15(19)20)16(21)18-13-6-7-13/h1-5,8,10,13H,6-7,9H2,(H,18,21). The zero-order valence-electron chi connectivity index (χ0n) is 11.4. The highest BCUT2D eigenvalue weighted by Gasteiger charge is 2.23. The van der Waals surface area contributed by atoms with Crippen LogP contribution >= 0.6 is 11.6 Å². The number of hydrogen-bond acceptors (Lipinski definition) is 2. The number of nitrogens with one attached hydrogen (secondary N) is 1. The SMILES string of the molecule is O=C(NC1CC1)c1ccc(=O)n(Cc2ccccc2Cl)c1. The number of hydrogen-bond donors (Lipinski definition) is 1. The minimum atomic E-state index is -0.155. The van der Waals surface area contributed by atoms with Gasteiger partial charge < -0.3 is 9.88 Å². The highest BCUT2D eigenvalue weighted by atomic mass is 35.5. The molecule has 0 atom stereocenters. The molecule has 2 aromatic rings. The molecule has 0 saturated heterocycles. The number of nitrogens with zero attached hydrogens (tertiary/aromatic N) is 1. The topological polar surface area (TPSA) is 51.1 Å². The highest BCUT2D eigenvalue weighted by molar-refractivity contribution is 6.31. The van der Waals surface area contributed by atoms with E-state index in [0.29, 0.717) is 23.2 Å². The Morgan fingerprint density at radius 3 is 2.71 bits per heavy atom. The van der Waals surface area contributed by atoms with Crippen molar-refractivity contribution in [1.29, 1.82) is 0 Å². The van der Waals surface area contributed by atoms with Crippen LogP contribution in [0.25, 0.3) is 0 Å². The van der Waals surface area contributed by atoms with Gasteiger partial charge in [0.15, 0.2) is 0 Å². The van der Waals surface area contributed by atoms with E-state index in [4.69, 9.17) is 11.6 Å². The third kappa shape index (κ3) is 3.34. The normalized spacial score (nSPS) is 14.0. The first-order valence-electron chi connectivity index (χ1n) is 6.88. The van der Waals surface area contributed by atoms with Gasteiger partial charge in [-0.25, -0.2) is 0 Å². The van der Waals surface area contributed by atoms with Gasteiger partial charge in [-0.05, 0) is 30.5 Å². The Hall–Kier alpha value is -2.07. The molecule has 1 amide bonds. The van der Waals surface area contributed by atoms with E-state index in [0.717, 1.165) is 18.4 Å². The fourth-order valence-corrected chi connectivity index (χ4v) is 2.29. The van der Waals surface area contributed by atoms with E-state index in [1.807, 2.05) is 18.2 Å². The molecule has 108 valence electrons. The van der Waals surface area contributed by atoms with Crippen molar-refractivity contribution in [2.45, 2.75) is 25.4 Å². The fraction of sp³-hybridized carbons (Fsp3) is 0.250. The Bertz CT molecular complexity index is 735. The predicted molar refractivity (Wildman–Crippen MR) is 81.7 cm³/mol. The van der Waals surface area contributed by atoms with Gasteiger partial charge in [0.25, 0.3) is 11.5 Å². The molecule has 1 aliphatic rings. The van der Waals surface area contributed by atoms with Crippen molar-refractivity contribution in [1.82, 2.24) is 9.88 Å². The molecule has 4 nitrogen and oxygen atoms in total. The first kappa shape index (κ1) is 13.9. The number of carbonyl (C=O) groups excluding carboxylic acids is 1. The molecule has 5 heteroatoms. The molecule has 1 aromatic carbocycles. The van der Waals surface area contributed by atoms with Gasteiger partial charge in [0.05, 0.1) is 12.1 Å². The van der Waals surface area contributed by atoms with E-state index >= 15 is 0 Å². The average Bonchev–Trinajstić information content (AvgIpc) is 3.27. The zero-order chi connectivity index (χ0) is 14.8. The van der Waals surface area contributed by atoms with Crippen molar-refractivity contribution in [3.63, 3.8) is 0 Å². The third-order valence-electron chi connectivity index (χ3n) is 3.46. The largest absolute Gasteiger partial charge is 0.349 e. The summed E-state index contributed by atoms with van der Waals surface area (Å²) in [5.74, 6) is -0.134. The number of pyridine rings is 1. The molecule has 0 spiro atoms. The number of carbonyl (C=O) groups is 1. The molecule has 1 aromatic heterocycles. The Labute approximate surface area is 127 Å². The Balaban J connectivity index is 1.85. The Morgan fingerprint density at radius 2 is 2.00 bits per heavy atom. The van der Waals surface area contributed by atoms with Crippen LogP contribution in [0.2, 0.25) is 5.02 Å². The zero-order valence-corrected chi connectivity index (χ0v) is 12.1. The first-order valence-corrected chi connectivity index (χ1v) is 7.26. The number of halogens is 1. The Kier molecular flexibility index (Phi) is 3.80. The third-order valence-corrected chi connectivity index (χ3v) is 3.83. The average molecular weight is 303 g/mol. The summed E-state index contributed by atoms with van der Waals surface area (Å²) >= 11 is 6.11. The quantitative estimate of drug-likeness (QED) is 0.943. The maximum Gasteiger partial charge on any atom is 0.252 e.